The molecule has 2 nitrogen and oxygen atoms in total. The van der Waals surface area contributed by atoms with Gasteiger partial charge < -0.3 is 10.1 Å². The van der Waals surface area contributed by atoms with Crippen molar-refractivity contribution >= 4 is 11.6 Å². The molecule has 0 aliphatic rings. The summed E-state index contributed by atoms with van der Waals surface area (Å²) in [7, 11) is 0. The van der Waals surface area contributed by atoms with Crippen LogP contribution in [0.15, 0.2) is 18.2 Å². The van der Waals surface area contributed by atoms with Crippen molar-refractivity contribution in [2.45, 2.75) is 26.5 Å². The Bertz CT molecular complexity index is 334. The van der Waals surface area contributed by atoms with Gasteiger partial charge in [0.05, 0.1) is 0 Å². The lowest BCUT2D eigenvalue weighted by Crippen LogP contribution is -2.15. The number of hydrogen-bond donors (Lipinski definition) is 1. The second kappa shape index (κ2) is 6.66. The fourth-order valence-corrected chi connectivity index (χ4v) is 1.54. The first-order valence-corrected chi connectivity index (χ1v) is 5.45. The van der Waals surface area contributed by atoms with Gasteiger partial charge in [-0.05, 0) is 25.1 Å². The maximum absolute atomic E-state index is 12.1. The van der Waals surface area contributed by atoms with E-state index < -0.39 is 6.61 Å². The average Bonchev–Trinajstić information content (AvgIpc) is 2.21. The summed E-state index contributed by atoms with van der Waals surface area (Å²) >= 11 is 5.93. The molecule has 16 heavy (non-hydrogen) atoms. The lowest BCUT2D eigenvalue weighted by Gasteiger charge is -2.12. The van der Waals surface area contributed by atoms with Crippen molar-refractivity contribution in [1.29, 1.82) is 0 Å². The van der Waals surface area contributed by atoms with Crippen LogP contribution in [0.4, 0.5) is 8.78 Å². The van der Waals surface area contributed by atoms with Crippen molar-refractivity contribution in [2.75, 3.05) is 6.54 Å². The Morgan fingerprint density at radius 1 is 1.44 bits per heavy atom. The molecule has 0 saturated heterocycles. The maximum Gasteiger partial charge on any atom is 0.387 e. The van der Waals surface area contributed by atoms with Crippen molar-refractivity contribution in [2.24, 2.45) is 0 Å². The fraction of sp³-hybridized carbons (Fsp3) is 0.455. The number of rotatable bonds is 6. The fourth-order valence-electron chi connectivity index (χ4n) is 1.31. The lowest BCUT2D eigenvalue weighted by atomic mass is 10.2. The Morgan fingerprint density at radius 3 is 2.81 bits per heavy atom. The first kappa shape index (κ1) is 13.2. The maximum atomic E-state index is 12.1. The lowest BCUT2D eigenvalue weighted by molar-refractivity contribution is -0.0504. The van der Waals surface area contributed by atoms with E-state index in [1.807, 2.05) is 6.92 Å². The molecule has 0 atom stereocenters. The minimum atomic E-state index is -2.83. The van der Waals surface area contributed by atoms with E-state index in [1.165, 1.54) is 6.07 Å². The third-order valence-electron chi connectivity index (χ3n) is 2.02. The number of ether oxygens (including phenoxy) is 1. The summed E-state index contributed by atoms with van der Waals surface area (Å²) in [6, 6.07) is 4.73. The highest BCUT2D eigenvalue weighted by atomic mass is 35.5. The van der Waals surface area contributed by atoms with Gasteiger partial charge in [0.25, 0.3) is 0 Å². The predicted octanol–water partition coefficient (Wildman–Crippen LogP) is 3.44. The summed E-state index contributed by atoms with van der Waals surface area (Å²) < 4.78 is 28.7. The van der Waals surface area contributed by atoms with Gasteiger partial charge in [-0.2, -0.15) is 8.78 Å². The third-order valence-corrected chi connectivity index (χ3v) is 2.37. The molecule has 0 bridgehead atoms. The largest absolute Gasteiger partial charge is 0.434 e. The van der Waals surface area contributed by atoms with Gasteiger partial charge in [-0.3, -0.25) is 0 Å². The molecule has 1 aromatic rings. The smallest absolute Gasteiger partial charge is 0.387 e. The van der Waals surface area contributed by atoms with Crippen LogP contribution in [-0.4, -0.2) is 13.2 Å². The number of nitrogens with one attached hydrogen (secondary N) is 1. The molecule has 1 N–H and O–H groups in total. The molecule has 0 heterocycles. The Kier molecular flexibility index (Phi) is 5.49. The van der Waals surface area contributed by atoms with Gasteiger partial charge in [-0.15, -0.1) is 0 Å². The van der Waals surface area contributed by atoms with E-state index in [2.05, 4.69) is 10.1 Å². The van der Waals surface area contributed by atoms with Crippen LogP contribution >= 0.6 is 11.6 Å². The van der Waals surface area contributed by atoms with Crippen LogP contribution < -0.4 is 10.1 Å². The molecule has 0 amide bonds. The van der Waals surface area contributed by atoms with Gasteiger partial charge in [0.1, 0.15) is 5.75 Å². The van der Waals surface area contributed by atoms with E-state index >= 15 is 0 Å². The molecular formula is C11H14ClF2NO. The van der Waals surface area contributed by atoms with Crippen molar-refractivity contribution in [3.05, 3.63) is 28.8 Å². The van der Waals surface area contributed by atoms with Gasteiger partial charge in [0, 0.05) is 17.1 Å². The minimum absolute atomic E-state index is 0.131. The topological polar surface area (TPSA) is 21.3 Å². The first-order valence-electron chi connectivity index (χ1n) is 5.08. The summed E-state index contributed by atoms with van der Waals surface area (Å²) in [6.45, 7) is 0.425. The Hall–Kier alpha value is -0.870. The number of alkyl halides is 2. The normalized spacial score (nSPS) is 10.8. The van der Waals surface area contributed by atoms with E-state index in [-0.39, 0.29) is 5.75 Å². The molecule has 0 radical (unpaired) electrons. The molecule has 0 fully saturated rings. The van der Waals surface area contributed by atoms with E-state index in [1.54, 1.807) is 12.1 Å². The van der Waals surface area contributed by atoms with Crippen molar-refractivity contribution in [3.63, 3.8) is 0 Å². The predicted molar refractivity (Wildman–Crippen MR) is 60.1 cm³/mol. The van der Waals surface area contributed by atoms with E-state index in [0.29, 0.717) is 17.1 Å². The summed E-state index contributed by atoms with van der Waals surface area (Å²) in [4.78, 5) is 0. The van der Waals surface area contributed by atoms with Crippen molar-refractivity contribution in [1.82, 2.24) is 5.32 Å². The second-order valence-corrected chi connectivity index (χ2v) is 3.68. The van der Waals surface area contributed by atoms with Crippen LogP contribution in [0.3, 0.4) is 0 Å². The monoisotopic (exact) mass is 249 g/mol. The zero-order valence-electron chi connectivity index (χ0n) is 8.97. The summed E-state index contributed by atoms with van der Waals surface area (Å²) in [5.74, 6) is 0.131. The molecule has 0 aromatic heterocycles. The molecule has 0 unspecified atom stereocenters. The van der Waals surface area contributed by atoms with Gasteiger partial charge in [-0.1, -0.05) is 24.6 Å². The summed E-state index contributed by atoms with van der Waals surface area (Å²) in [6.07, 6.45) is 0.968. The molecule has 0 saturated carbocycles. The van der Waals surface area contributed by atoms with Crippen LogP contribution in [0, 0.1) is 0 Å². The van der Waals surface area contributed by atoms with Crippen molar-refractivity contribution in [3.8, 4) is 5.75 Å². The molecule has 90 valence electrons. The van der Waals surface area contributed by atoms with Gasteiger partial charge >= 0.3 is 6.61 Å². The van der Waals surface area contributed by atoms with Crippen LogP contribution in [-0.2, 0) is 6.54 Å². The highest BCUT2D eigenvalue weighted by Crippen LogP contribution is 2.27. The van der Waals surface area contributed by atoms with E-state index in [4.69, 9.17) is 11.6 Å². The van der Waals surface area contributed by atoms with Gasteiger partial charge in [0.15, 0.2) is 0 Å². The zero-order valence-corrected chi connectivity index (χ0v) is 9.73. The molecule has 0 aliphatic carbocycles. The van der Waals surface area contributed by atoms with E-state index in [9.17, 15) is 8.78 Å². The molecule has 1 rings (SSSR count). The highest BCUT2D eigenvalue weighted by molar-refractivity contribution is 6.31. The summed E-state index contributed by atoms with van der Waals surface area (Å²) in [5.41, 5.74) is 0.568. The van der Waals surface area contributed by atoms with Crippen LogP contribution in [0.5, 0.6) is 5.75 Å². The third kappa shape index (κ3) is 3.94. The zero-order chi connectivity index (χ0) is 12.0. The number of halogens is 3. The Balaban J connectivity index is 2.77. The van der Waals surface area contributed by atoms with Gasteiger partial charge in [0.2, 0.25) is 0 Å². The van der Waals surface area contributed by atoms with Crippen LogP contribution in [0.25, 0.3) is 0 Å². The quantitative estimate of drug-likeness (QED) is 0.780. The molecular weight excluding hydrogens is 236 g/mol. The minimum Gasteiger partial charge on any atom is -0.434 e. The molecule has 0 spiro atoms. The summed E-state index contributed by atoms with van der Waals surface area (Å²) in [5, 5.41) is 3.53. The molecule has 1 aromatic carbocycles. The molecule has 5 heteroatoms. The van der Waals surface area contributed by atoms with E-state index in [0.717, 1.165) is 13.0 Å². The van der Waals surface area contributed by atoms with Crippen LogP contribution in [0.2, 0.25) is 5.02 Å². The van der Waals surface area contributed by atoms with Gasteiger partial charge in [-0.25, -0.2) is 0 Å². The Morgan fingerprint density at radius 2 is 2.19 bits per heavy atom. The standard InChI is InChI=1S/C11H14ClF2NO/c1-2-6-15-7-8-9(12)4-3-5-10(8)16-11(13)14/h3-5,11,15H,2,6-7H2,1H3. The Labute approximate surface area is 98.6 Å². The first-order chi connectivity index (χ1) is 7.65. The number of benzene rings is 1. The molecule has 0 aliphatic heterocycles. The average molecular weight is 250 g/mol. The highest BCUT2D eigenvalue weighted by Gasteiger charge is 2.11. The number of hydrogen-bond acceptors (Lipinski definition) is 2. The van der Waals surface area contributed by atoms with Crippen LogP contribution in [0.1, 0.15) is 18.9 Å². The SMILES string of the molecule is CCCNCc1c(Cl)cccc1OC(F)F. The van der Waals surface area contributed by atoms with Crippen molar-refractivity contribution < 1.29 is 13.5 Å². The second-order valence-electron chi connectivity index (χ2n) is 3.27.